The van der Waals surface area contributed by atoms with E-state index >= 15 is 0 Å². The van der Waals surface area contributed by atoms with Crippen LogP contribution in [0.4, 0.5) is 0 Å². The fourth-order valence-corrected chi connectivity index (χ4v) is 7.63. The molecular formula is C28H57BrO2P2S. The van der Waals surface area contributed by atoms with Crippen molar-refractivity contribution in [1.82, 2.24) is 0 Å². The van der Waals surface area contributed by atoms with Crippen LogP contribution in [0.25, 0.3) is 0 Å². The van der Waals surface area contributed by atoms with Crippen LogP contribution in [0, 0.1) is 16.7 Å². The topological polar surface area (TPSA) is 26.3 Å². The minimum absolute atomic E-state index is 0.169. The first-order valence-corrected chi connectivity index (χ1v) is 16.8. The normalized spacial score (nSPS) is 14.3. The highest BCUT2D eigenvalue weighted by molar-refractivity contribution is 9.10. The maximum atomic E-state index is 11.7. The Kier molecular flexibility index (Phi) is 17.5. The molecule has 0 saturated heterocycles. The number of carbonyl (C=O) groups is 1. The summed E-state index contributed by atoms with van der Waals surface area (Å²) in [5.41, 5.74) is 0.703. The lowest BCUT2D eigenvalue weighted by Gasteiger charge is -2.47. The molecular weight excluding hydrogens is 542 g/mol. The van der Waals surface area contributed by atoms with Gasteiger partial charge in [-0.25, -0.2) is 0 Å². The zero-order chi connectivity index (χ0) is 26.5. The van der Waals surface area contributed by atoms with Gasteiger partial charge in [0.2, 0.25) is 0 Å². The van der Waals surface area contributed by atoms with Gasteiger partial charge in [-0.05, 0) is 91.9 Å². The molecule has 3 atom stereocenters. The van der Waals surface area contributed by atoms with E-state index in [9.17, 15) is 4.79 Å². The molecule has 0 rings (SSSR count). The number of esters is 1. The van der Waals surface area contributed by atoms with Crippen LogP contribution in [-0.2, 0) is 9.53 Å². The summed E-state index contributed by atoms with van der Waals surface area (Å²) in [6.45, 7) is 19.0. The summed E-state index contributed by atoms with van der Waals surface area (Å²) in [7, 11) is 5.96. The lowest BCUT2D eigenvalue weighted by Crippen LogP contribution is -2.39. The highest BCUT2D eigenvalue weighted by Gasteiger charge is 2.41. The van der Waals surface area contributed by atoms with Crippen LogP contribution in [0.2, 0.25) is 0 Å². The van der Waals surface area contributed by atoms with Crippen LogP contribution in [0.3, 0.4) is 0 Å². The molecule has 0 N–H and O–H groups in total. The molecule has 0 aromatic rings. The molecule has 0 bridgehead atoms. The number of hydrogen-bond donors (Lipinski definition) is 0. The van der Waals surface area contributed by atoms with Crippen molar-refractivity contribution in [1.29, 1.82) is 0 Å². The van der Waals surface area contributed by atoms with Gasteiger partial charge in [0.1, 0.15) is 4.32 Å². The Bertz CT molecular complexity index is 554. The molecule has 0 aliphatic heterocycles. The standard InChI is InChI=1S/C28H57BrO2P2S/c1-25(2,23(16-12-11-14-19-32)26(3,4)22-27(5,6)33)17-21-34-20-15-10-9-13-18-31-24(30)28(7,8)29/h23H,9-22,32-33H2,1-8H3. The van der Waals surface area contributed by atoms with Crippen LogP contribution in [-0.4, -0.2) is 39.7 Å². The second-order valence-electron chi connectivity index (χ2n) is 12.7. The fourth-order valence-electron chi connectivity index (χ4n) is 5.41. The third-order valence-electron chi connectivity index (χ3n) is 6.79. The third kappa shape index (κ3) is 16.8. The molecule has 2 nitrogen and oxygen atoms in total. The van der Waals surface area contributed by atoms with Gasteiger partial charge in [-0.3, -0.25) is 4.79 Å². The zero-order valence-electron chi connectivity index (χ0n) is 23.7. The summed E-state index contributed by atoms with van der Waals surface area (Å²) < 4.78 is 4.74. The molecule has 0 aliphatic carbocycles. The van der Waals surface area contributed by atoms with Gasteiger partial charge in [0.15, 0.2) is 0 Å². The Morgan fingerprint density at radius 3 is 2.00 bits per heavy atom. The van der Waals surface area contributed by atoms with E-state index in [4.69, 9.17) is 4.74 Å². The van der Waals surface area contributed by atoms with Crippen molar-refractivity contribution in [2.75, 3.05) is 24.3 Å². The average molecular weight is 600 g/mol. The van der Waals surface area contributed by atoms with Gasteiger partial charge in [0.25, 0.3) is 0 Å². The lowest BCUT2D eigenvalue weighted by atomic mass is 9.59. The smallest absolute Gasteiger partial charge is 0.322 e. The minimum Gasteiger partial charge on any atom is -0.465 e. The number of ether oxygens (including phenoxy) is 1. The summed E-state index contributed by atoms with van der Waals surface area (Å²) in [5.74, 6) is 3.08. The zero-order valence-corrected chi connectivity index (χ0v) is 28.4. The third-order valence-corrected chi connectivity index (χ3v) is 8.79. The van der Waals surface area contributed by atoms with Crippen LogP contribution in [0.15, 0.2) is 0 Å². The van der Waals surface area contributed by atoms with Gasteiger partial charge in [-0.15, -0.1) is 18.5 Å². The second-order valence-corrected chi connectivity index (χ2v) is 18.1. The summed E-state index contributed by atoms with van der Waals surface area (Å²) in [4.78, 5) is 11.7. The number of unbranched alkanes of at least 4 members (excludes halogenated alkanes) is 5. The van der Waals surface area contributed by atoms with Crippen molar-refractivity contribution >= 4 is 52.1 Å². The molecule has 0 fully saturated rings. The van der Waals surface area contributed by atoms with Gasteiger partial charge in [0.05, 0.1) is 6.61 Å². The molecule has 0 spiro atoms. The molecule has 3 unspecified atom stereocenters. The van der Waals surface area contributed by atoms with E-state index in [1.54, 1.807) is 0 Å². The SMILES string of the molecule is CC(C)(P)CC(C)(C)C(CCCCCP)C(C)(C)CCSCCCCCCOC(=O)C(C)(C)Br. The summed E-state index contributed by atoms with van der Waals surface area (Å²) in [6.07, 6.45) is 13.8. The molecule has 0 saturated carbocycles. The first-order valence-electron chi connectivity index (χ1n) is 13.5. The van der Waals surface area contributed by atoms with E-state index in [-0.39, 0.29) is 11.1 Å². The first kappa shape index (κ1) is 35.2. The van der Waals surface area contributed by atoms with Crippen molar-refractivity contribution in [3.8, 4) is 0 Å². The molecule has 0 amide bonds. The lowest BCUT2D eigenvalue weighted by molar-refractivity contribution is -0.145. The van der Waals surface area contributed by atoms with Crippen LogP contribution in [0.5, 0.6) is 0 Å². The van der Waals surface area contributed by atoms with Gasteiger partial charge >= 0.3 is 5.97 Å². The molecule has 0 aliphatic rings. The number of alkyl halides is 1. The van der Waals surface area contributed by atoms with Crippen molar-refractivity contribution in [3.63, 3.8) is 0 Å². The van der Waals surface area contributed by atoms with Crippen molar-refractivity contribution in [2.45, 2.75) is 129 Å². The number of rotatable bonds is 20. The van der Waals surface area contributed by atoms with Crippen LogP contribution in [0.1, 0.15) is 120 Å². The highest BCUT2D eigenvalue weighted by atomic mass is 79.9. The van der Waals surface area contributed by atoms with E-state index in [1.165, 1.54) is 69.0 Å². The molecule has 0 aromatic carbocycles. The number of hydrogen-bond acceptors (Lipinski definition) is 3. The quantitative estimate of drug-likeness (QED) is 0.0604. The van der Waals surface area contributed by atoms with E-state index in [1.807, 2.05) is 13.8 Å². The molecule has 0 aromatic heterocycles. The monoisotopic (exact) mass is 598 g/mol. The van der Waals surface area contributed by atoms with Gasteiger partial charge in [-0.2, -0.15) is 11.8 Å². The van der Waals surface area contributed by atoms with E-state index in [0.29, 0.717) is 17.4 Å². The molecule has 204 valence electrons. The Hall–Kier alpha value is 1.16. The second kappa shape index (κ2) is 16.9. The van der Waals surface area contributed by atoms with Crippen LogP contribution < -0.4 is 0 Å². The average Bonchev–Trinajstić information content (AvgIpc) is 2.66. The summed E-state index contributed by atoms with van der Waals surface area (Å²) >= 11 is 5.47. The predicted octanol–water partition coefficient (Wildman–Crippen LogP) is 9.53. The maximum Gasteiger partial charge on any atom is 0.322 e. The Morgan fingerprint density at radius 2 is 1.44 bits per heavy atom. The van der Waals surface area contributed by atoms with Gasteiger partial charge < -0.3 is 4.74 Å². The molecule has 0 heterocycles. The molecule has 34 heavy (non-hydrogen) atoms. The molecule has 0 radical (unpaired) electrons. The van der Waals surface area contributed by atoms with E-state index < -0.39 is 4.32 Å². The summed E-state index contributed by atoms with van der Waals surface area (Å²) in [6, 6.07) is 0. The van der Waals surface area contributed by atoms with Crippen molar-refractivity contribution < 1.29 is 9.53 Å². The minimum atomic E-state index is -0.577. The number of carbonyl (C=O) groups excluding carboxylic acids is 1. The largest absolute Gasteiger partial charge is 0.465 e. The predicted molar refractivity (Wildman–Crippen MR) is 167 cm³/mol. The first-order chi connectivity index (χ1) is 15.5. The van der Waals surface area contributed by atoms with Crippen molar-refractivity contribution in [3.05, 3.63) is 0 Å². The van der Waals surface area contributed by atoms with Crippen molar-refractivity contribution in [2.24, 2.45) is 16.7 Å². The van der Waals surface area contributed by atoms with Gasteiger partial charge in [-0.1, -0.05) is 83.2 Å². The van der Waals surface area contributed by atoms with Gasteiger partial charge in [0, 0.05) is 0 Å². The Labute approximate surface area is 231 Å². The highest BCUT2D eigenvalue weighted by Crippen LogP contribution is 2.50. The van der Waals surface area contributed by atoms with Crippen LogP contribution >= 0.6 is 46.2 Å². The van der Waals surface area contributed by atoms with E-state index in [2.05, 4.69) is 87.7 Å². The number of halogens is 1. The molecule has 6 heteroatoms. The maximum absolute atomic E-state index is 11.7. The fraction of sp³-hybridized carbons (Fsp3) is 0.964. The Balaban J connectivity index is 4.42. The van der Waals surface area contributed by atoms with E-state index in [0.717, 1.165) is 18.8 Å². The summed E-state index contributed by atoms with van der Waals surface area (Å²) in [5, 5.41) is 0.287. The number of thioether (sulfide) groups is 1. The Morgan fingerprint density at radius 1 is 0.853 bits per heavy atom.